The Morgan fingerprint density at radius 2 is 1.95 bits per heavy atom. The molecule has 2 aliphatic heterocycles. The Morgan fingerprint density at radius 3 is 2.73 bits per heavy atom. The number of rotatable bonds is 3. The third-order valence-electron chi connectivity index (χ3n) is 3.76. The lowest BCUT2D eigenvalue weighted by molar-refractivity contribution is 0.760. The van der Waals surface area contributed by atoms with Crippen molar-refractivity contribution in [3.8, 4) is 22.8 Å². The lowest BCUT2D eigenvalue weighted by atomic mass is 10.1. The summed E-state index contributed by atoms with van der Waals surface area (Å²) >= 11 is 0. The Kier molecular flexibility index (Phi) is 2.89. The van der Waals surface area contributed by atoms with Crippen LogP contribution in [0.4, 0.5) is 0 Å². The van der Waals surface area contributed by atoms with Crippen molar-refractivity contribution in [2.75, 3.05) is 0 Å². The van der Waals surface area contributed by atoms with Crippen molar-refractivity contribution in [3.63, 3.8) is 0 Å². The van der Waals surface area contributed by atoms with Gasteiger partial charge in [0.15, 0.2) is 17.3 Å². The van der Waals surface area contributed by atoms with E-state index in [1.165, 1.54) is 5.56 Å². The number of aromatic amines is 1. The van der Waals surface area contributed by atoms with E-state index in [1.54, 1.807) is 6.20 Å². The lowest BCUT2D eigenvalue weighted by Crippen LogP contribution is -2.05. The van der Waals surface area contributed by atoms with E-state index < -0.39 is 0 Å². The van der Waals surface area contributed by atoms with Crippen LogP contribution in [0.3, 0.4) is 0 Å². The van der Waals surface area contributed by atoms with E-state index in [9.17, 15) is 0 Å². The minimum absolute atomic E-state index is 0.658. The molecular weight excluding hydrogens is 276 g/mol. The van der Waals surface area contributed by atoms with Gasteiger partial charge in [-0.15, -0.1) is 5.10 Å². The summed E-state index contributed by atoms with van der Waals surface area (Å²) in [6.07, 6.45) is 3.58. The minimum atomic E-state index is 0.658. The predicted octanol–water partition coefficient (Wildman–Crippen LogP) is 2.88. The molecule has 1 aromatic heterocycles. The minimum Gasteiger partial charge on any atom is -0.274 e. The Morgan fingerprint density at radius 1 is 1.14 bits per heavy atom. The lowest BCUT2D eigenvalue weighted by Gasteiger charge is -2.05. The van der Waals surface area contributed by atoms with Crippen LogP contribution in [0.5, 0.6) is 0 Å². The topological polar surface area (TPSA) is 71.8 Å². The predicted molar refractivity (Wildman–Crippen MR) is 83.7 cm³/mol. The van der Waals surface area contributed by atoms with Crippen LogP contribution in [0.15, 0.2) is 30.5 Å². The summed E-state index contributed by atoms with van der Waals surface area (Å²) in [7, 11) is 0. The van der Waals surface area contributed by atoms with E-state index >= 15 is 0 Å². The first-order valence-corrected chi connectivity index (χ1v) is 7.42. The molecule has 0 fully saturated rings. The molecule has 2 aliphatic rings. The van der Waals surface area contributed by atoms with E-state index in [0.29, 0.717) is 5.82 Å². The van der Waals surface area contributed by atoms with Gasteiger partial charge >= 0.3 is 0 Å². The molecule has 1 aromatic carbocycles. The zero-order chi connectivity index (χ0) is 15.1. The van der Waals surface area contributed by atoms with Gasteiger partial charge in [-0.2, -0.15) is 5.10 Å². The average Bonchev–Trinajstić information content (AvgIpc) is 3.14. The van der Waals surface area contributed by atoms with Gasteiger partial charge in [-0.05, 0) is 13.3 Å². The van der Waals surface area contributed by atoms with Gasteiger partial charge in [0.05, 0.1) is 11.8 Å². The van der Waals surface area contributed by atoms with Crippen molar-refractivity contribution < 1.29 is 0 Å². The van der Waals surface area contributed by atoms with Gasteiger partial charge in [-0.3, -0.25) is 5.10 Å². The Hall–Kier alpha value is -2.76. The molecule has 6 nitrogen and oxygen atoms in total. The normalized spacial score (nSPS) is 11.5. The molecule has 1 N–H and O–H groups in total. The van der Waals surface area contributed by atoms with Crippen molar-refractivity contribution in [1.82, 2.24) is 29.8 Å². The quantitative estimate of drug-likeness (QED) is 0.630. The van der Waals surface area contributed by atoms with Gasteiger partial charge in [0.25, 0.3) is 0 Å². The Bertz CT molecular complexity index is 902. The van der Waals surface area contributed by atoms with Crippen LogP contribution in [-0.4, -0.2) is 29.8 Å². The molecule has 0 bridgehead atoms. The maximum Gasteiger partial charge on any atom is 0.188 e. The SMILES string of the molecule is CCCc1nc2nncc-2c2nc(-c3ccc(C)cc3)[nH]n12. The van der Waals surface area contributed by atoms with E-state index in [-0.39, 0.29) is 0 Å². The van der Waals surface area contributed by atoms with Gasteiger partial charge in [0, 0.05) is 12.0 Å². The molecule has 0 saturated heterocycles. The molecule has 6 heteroatoms. The van der Waals surface area contributed by atoms with Crippen molar-refractivity contribution in [2.45, 2.75) is 26.7 Å². The number of benzene rings is 1. The van der Waals surface area contributed by atoms with E-state index in [2.05, 4.69) is 58.4 Å². The molecule has 0 unspecified atom stereocenters. The fourth-order valence-corrected chi connectivity index (χ4v) is 2.60. The van der Waals surface area contributed by atoms with Crippen molar-refractivity contribution >= 4 is 5.65 Å². The van der Waals surface area contributed by atoms with Gasteiger partial charge in [-0.1, -0.05) is 36.8 Å². The van der Waals surface area contributed by atoms with Crippen LogP contribution in [0, 0.1) is 6.92 Å². The molecule has 0 atom stereocenters. The molecule has 4 rings (SSSR count). The van der Waals surface area contributed by atoms with Crippen LogP contribution in [-0.2, 0) is 6.42 Å². The molecule has 22 heavy (non-hydrogen) atoms. The second kappa shape index (κ2) is 4.91. The standard InChI is InChI=1S/C16H16N6/c1-3-4-13-18-15-12(9-17-20-15)16-19-14(21-22(13)16)11-7-5-10(2)6-8-11/h5-9H,3-4H2,1-2H3,(H,19,21). The van der Waals surface area contributed by atoms with Crippen molar-refractivity contribution in [1.29, 1.82) is 0 Å². The van der Waals surface area contributed by atoms with Crippen LogP contribution in [0.1, 0.15) is 24.7 Å². The van der Waals surface area contributed by atoms with Crippen LogP contribution in [0.25, 0.3) is 28.4 Å². The number of fused-ring (bicyclic) bond motifs is 3. The molecule has 0 amide bonds. The summed E-state index contributed by atoms with van der Waals surface area (Å²) in [5, 5.41) is 11.4. The molecule has 110 valence electrons. The van der Waals surface area contributed by atoms with Crippen molar-refractivity contribution in [2.24, 2.45) is 0 Å². The number of nitrogens with one attached hydrogen (secondary N) is 1. The molecule has 2 aromatic rings. The number of hydrogen-bond acceptors (Lipinski definition) is 4. The van der Waals surface area contributed by atoms with Crippen LogP contribution < -0.4 is 0 Å². The zero-order valence-electron chi connectivity index (χ0n) is 12.5. The number of nitrogens with zero attached hydrogens (tertiary/aromatic N) is 5. The summed E-state index contributed by atoms with van der Waals surface area (Å²) in [4.78, 5) is 9.34. The number of aryl methyl sites for hydroxylation is 2. The average molecular weight is 292 g/mol. The van der Waals surface area contributed by atoms with Gasteiger partial charge in [0.1, 0.15) is 5.82 Å². The van der Waals surface area contributed by atoms with E-state index in [0.717, 1.165) is 41.3 Å². The molecule has 0 spiro atoms. The third kappa shape index (κ3) is 1.95. The number of H-pyrrole nitrogens is 1. The zero-order valence-corrected chi connectivity index (χ0v) is 12.5. The summed E-state index contributed by atoms with van der Waals surface area (Å²) in [6, 6.07) is 8.30. The summed E-state index contributed by atoms with van der Waals surface area (Å²) in [5.74, 6) is 2.41. The molecule has 0 aliphatic carbocycles. The highest BCUT2D eigenvalue weighted by atomic mass is 15.3. The summed E-state index contributed by atoms with van der Waals surface area (Å²) < 4.78 is 1.95. The monoisotopic (exact) mass is 292 g/mol. The van der Waals surface area contributed by atoms with Gasteiger partial charge in [-0.25, -0.2) is 14.5 Å². The molecule has 0 radical (unpaired) electrons. The first-order valence-electron chi connectivity index (χ1n) is 7.42. The van der Waals surface area contributed by atoms with Crippen LogP contribution in [0.2, 0.25) is 0 Å². The third-order valence-corrected chi connectivity index (χ3v) is 3.76. The largest absolute Gasteiger partial charge is 0.274 e. The molecular formula is C16H16N6. The second-order valence-corrected chi connectivity index (χ2v) is 5.46. The molecule has 3 heterocycles. The summed E-state index contributed by atoms with van der Waals surface area (Å²) in [6.45, 7) is 4.21. The Labute approximate surface area is 127 Å². The smallest absolute Gasteiger partial charge is 0.188 e. The van der Waals surface area contributed by atoms with Crippen LogP contribution >= 0.6 is 0 Å². The fraction of sp³-hybridized carbons (Fsp3) is 0.250. The van der Waals surface area contributed by atoms with Gasteiger partial charge in [0.2, 0.25) is 0 Å². The molecule has 0 saturated carbocycles. The maximum absolute atomic E-state index is 4.74. The summed E-state index contributed by atoms with van der Waals surface area (Å²) in [5.41, 5.74) is 3.98. The maximum atomic E-state index is 4.74. The second-order valence-electron chi connectivity index (χ2n) is 5.46. The first kappa shape index (κ1) is 12.9. The highest BCUT2D eigenvalue weighted by molar-refractivity contribution is 5.74. The van der Waals surface area contributed by atoms with Crippen molar-refractivity contribution in [3.05, 3.63) is 41.9 Å². The van der Waals surface area contributed by atoms with E-state index in [4.69, 9.17) is 4.98 Å². The van der Waals surface area contributed by atoms with E-state index in [1.807, 2.05) is 4.52 Å². The Balaban J connectivity index is 1.96. The fourth-order valence-electron chi connectivity index (χ4n) is 2.60. The first-order chi connectivity index (χ1) is 10.8. The highest BCUT2D eigenvalue weighted by Crippen LogP contribution is 2.25. The van der Waals surface area contributed by atoms with Gasteiger partial charge < -0.3 is 0 Å². The number of hydrogen-bond donors (Lipinski definition) is 1. The highest BCUT2D eigenvalue weighted by Gasteiger charge is 2.18. The number of aromatic nitrogens is 6.